The number of nitrogens with one attached hydrogen (secondary N) is 1. The molecular weight excluding hydrogens is 314 g/mol. The maximum atomic E-state index is 13.2. The molecule has 2 aromatic heterocycles. The highest BCUT2D eigenvalue weighted by molar-refractivity contribution is 5.94. The second-order valence-corrected chi connectivity index (χ2v) is 7.14. The summed E-state index contributed by atoms with van der Waals surface area (Å²) in [6, 6.07) is 3.99. The number of rotatable bonds is 5. The van der Waals surface area contributed by atoms with Crippen LogP contribution in [0, 0.1) is 5.41 Å². The molecule has 1 spiro atoms. The molecule has 25 heavy (non-hydrogen) atoms. The first-order valence-electron chi connectivity index (χ1n) is 9.15. The van der Waals surface area contributed by atoms with Crippen LogP contribution in [0.25, 0.3) is 0 Å². The number of nitrogens with zero attached hydrogens (tertiary/aromatic N) is 4. The van der Waals surface area contributed by atoms with Gasteiger partial charge in [-0.2, -0.15) is 0 Å². The van der Waals surface area contributed by atoms with Crippen LogP contribution in [0.15, 0.2) is 36.9 Å². The van der Waals surface area contributed by atoms with Crippen molar-refractivity contribution in [1.29, 1.82) is 0 Å². The summed E-state index contributed by atoms with van der Waals surface area (Å²) in [5.41, 5.74) is 0.959. The smallest absolute Gasteiger partial charge is 0.256 e. The van der Waals surface area contributed by atoms with E-state index in [2.05, 4.69) is 26.8 Å². The number of piperidine rings is 1. The Hall–Kier alpha value is -2.21. The molecule has 1 saturated carbocycles. The molecule has 6 nitrogen and oxygen atoms in total. The molecule has 3 heterocycles. The van der Waals surface area contributed by atoms with Crippen molar-refractivity contribution in [2.75, 3.05) is 13.1 Å². The maximum Gasteiger partial charge on any atom is 0.256 e. The van der Waals surface area contributed by atoms with E-state index in [1.54, 1.807) is 12.4 Å². The lowest BCUT2D eigenvalue weighted by Gasteiger charge is -2.29. The van der Waals surface area contributed by atoms with Gasteiger partial charge in [-0.25, -0.2) is 4.98 Å². The average Bonchev–Trinajstić information content (AvgIpc) is 3.14. The number of amides is 1. The van der Waals surface area contributed by atoms with Gasteiger partial charge in [0.25, 0.3) is 5.91 Å². The van der Waals surface area contributed by atoms with Crippen LogP contribution in [0.4, 0.5) is 0 Å². The van der Waals surface area contributed by atoms with Crippen LogP contribution in [-0.4, -0.2) is 44.5 Å². The molecule has 0 radical (unpaired) electrons. The summed E-state index contributed by atoms with van der Waals surface area (Å²) in [5.74, 6) is 1.02. The molecule has 1 aliphatic carbocycles. The summed E-state index contributed by atoms with van der Waals surface area (Å²) < 4.78 is 2.11. The van der Waals surface area contributed by atoms with Gasteiger partial charge in [-0.3, -0.25) is 9.78 Å². The Morgan fingerprint density at radius 1 is 1.40 bits per heavy atom. The normalized spacial score (nSPS) is 21.2. The number of hydrogen-bond donors (Lipinski definition) is 1. The number of aryl methyl sites for hydroxylation is 1. The molecule has 132 valence electrons. The number of carbonyl (C=O) groups is 1. The summed E-state index contributed by atoms with van der Waals surface area (Å²) in [7, 11) is 0. The van der Waals surface area contributed by atoms with Gasteiger partial charge >= 0.3 is 0 Å². The zero-order valence-corrected chi connectivity index (χ0v) is 14.7. The first-order valence-corrected chi connectivity index (χ1v) is 9.15. The van der Waals surface area contributed by atoms with Crippen LogP contribution >= 0.6 is 0 Å². The Morgan fingerprint density at radius 2 is 2.24 bits per heavy atom. The molecule has 1 atom stereocenters. The van der Waals surface area contributed by atoms with Gasteiger partial charge < -0.3 is 14.8 Å². The van der Waals surface area contributed by atoms with Crippen molar-refractivity contribution in [3.8, 4) is 0 Å². The van der Waals surface area contributed by atoms with Crippen LogP contribution in [0.5, 0.6) is 0 Å². The molecule has 6 heteroatoms. The van der Waals surface area contributed by atoms with Crippen molar-refractivity contribution in [3.63, 3.8) is 0 Å². The Kier molecular flexibility index (Phi) is 4.29. The zero-order chi connectivity index (χ0) is 17.3. The van der Waals surface area contributed by atoms with Crippen molar-refractivity contribution >= 4 is 5.91 Å². The van der Waals surface area contributed by atoms with E-state index in [4.69, 9.17) is 0 Å². The highest BCUT2D eigenvalue weighted by Crippen LogP contribution is 2.56. The molecule has 1 saturated heterocycles. The molecule has 1 amide bonds. The summed E-state index contributed by atoms with van der Waals surface area (Å²) in [6.07, 6.45) is 10.6. The third-order valence-corrected chi connectivity index (χ3v) is 5.75. The zero-order valence-electron chi connectivity index (χ0n) is 14.7. The van der Waals surface area contributed by atoms with E-state index in [1.165, 1.54) is 0 Å². The fraction of sp³-hybridized carbons (Fsp3) is 0.526. The third kappa shape index (κ3) is 3.06. The van der Waals surface area contributed by atoms with Crippen molar-refractivity contribution < 1.29 is 4.79 Å². The van der Waals surface area contributed by atoms with Crippen LogP contribution in [0.2, 0.25) is 0 Å². The molecule has 0 bridgehead atoms. The van der Waals surface area contributed by atoms with Gasteiger partial charge in [0, 0.05) is 37.4 Å². The first-order chi connectivity index (χ1) is 12.2. The van der Waals surface area contributed by atoms with Gasteiger partial charge in [0.1, 0.15) is 5.82 Å². The predicted molar refractivity (Wildman–Crippen MR) is 95.0 cm³/mol. The van der Waals surface area contributed by atoms with Gasteiger partial charge in [0.15, 0.2) is 0 Å². The van der Waals surface area contributed by atoms with E-state index < -0.39 is 0 Å². The molecule has 1 aliphatic heterocycles. The van der Waals surface area contributed by atoms with Crippen molar-refractivity contribution in [2.45, 2.75) is 45.3 Å². The second kappa shape index (κ2) is 6.59. The maximum absolute atomic E-state index is 13.2. The fourth-order valence-electron chi connectivity index (χ4n) is 4.14. The summed E-state index contributed by atoms with van der Waals surface area (Å²) in [6.45, 7) is 5.63. The minimum Gasteiger partial charge on any atom is -0.334 e. The molecular formula is C19H25N5O. The number of imidazole rings is 1. The highest BCUT2D eigenvalue weighted by atomic mass is 16.2. The minimum atomic E-state index is 0.0687. The second-order valence-electron chi connectivity index (χ2n) is 7.14. The standard InChI is InChI=1S/C19H25N5O/c1-2-23-11-10-22-17(23)14-24(18(25)15-4-3-7-21-13-15)16-12-19(16)5-8-20-9-6-19/h3-4,7,10-11,13,16,20H,2,5-6,8-9,12,14H2,1H3/t16-/m1/s1. The van der Waals surface area contributed by atoms with E-state index in [1.807, 2.05) is 29.4 Å². The lowest BCUT2D eigenvalue weighted by molar-refractivity contribution is 0.0684. The van der Waals surface area contributed by atoms with Crippen LogP contribution in [0.3, 0.4) is 0 Å². The Bertz CT molecular complexity index is 735. The van der Waals surface area contributed by atoms with Crippen LogP contribution in [-0.2, 0) is 13.1 Å². The van der Waals surface area contributed by atoms with Gasteiger partial charge in [0.2, 0.25) is 0 Å². The lowest BCUT2D eigenvalue weighted by Crippen LogP contribution is -2.39. The van der Waals surface area contributed by atoms with Crippen LogP contribution in [0.1, 0.15) is 42.4 Å². The monoisotopic (exact) mass is 339 g/mol. The number of carbonyl (C=O) groups excluding carboxylic acids is 1. The topological polar surface area (TPSA) is 63.1 Å². The van der Waals surface area contributed by atoms with Gasteiger partial charge in [-0.15, -0.1) is 0 Å². The SMILES string of the molecule is CCn1ccnc1CN(C(=O)c1cccnc1)[C@@H]1CC12CCNCC2. The molecule has 4 rings (SSSR count). The van der Waals surface area contributed by atoms with E-state index in [0.717, 1.165) is 44.7 Å². The highest BCUT2D eigenvalue weighted by Gasteiger charge is 2.57. The summed E-state index contributed by atoms with van der Waals surface area (Å²) in [4.78, 5) is 23.9. The third-order valence-electron chi connectivity index (χ3n) is 5.75. The average molecular weight is 339 g/mol. The molecule has 1 N–H and O–H groups in total. The van der Waals surface area contributed by atoms with Crippen molar-refractivity contribution in [2.24, 2.45) is 5.41 Å². The predicted octanol–water partition coefficient (Wildman–Crippen LogP) is 2.08. The molecule has 2 fully saturated rings. The summed E-state index contributed by atoms with van der Waals surface area (Å²) >= 11 is 0. The van der Waals surface area contributed by atoms with Gasteiger partial charge in [-0.1, -0.05) is 0 Å². The number of hydrogen-bond acceptors (Lipinski definition) is 4. The molecule has 2 aliphatic rings. The van der Waals surface area contributed by atoms with E-state index in [0.29, 0.717) is 23.6 Å². The fourth-order valence-corrected chi connectivity index (χ4v) is 4.14. The summed E-state index contributed by atoms with van der Waals surface area (Å²) in [5, 5.41) is 3.43. The van der Waals surface area contributed by atoms with Crippen molar-refractivity contribution in [1.82, 2.24) is 24.8 Å². The van der Waals surface area contributed by atoms with E-state index in [9.17, 15) is 4.79 Å². The number of aromatic nitrogens is 3. The Morgan fingerprint density at radius 3 is 2.96 bits per heavy atom. The molecule has 0 aromatic carbocycles. The van der Waals surface area contributed by atoms with E-state index in [-0.39, 0.29) is 5.91 Å². The first kappa shape index (κ1) is 16.3. The van der Waals surface area contributed by atoms with Gasteiger partial charge in [0.05, 0.1) is 12.1 Å². The Balaban J connectivity index is 1.61. The van der Waals surface area contributed by atoms with Gasteiger partial charge in [-0.05, 0) is 56.8 Å². The van der Waals surface area contributed by atoms with E-state index >= 15 is 0 Å². The van der Waals surface area contributed by atoms with Crippen LogP contribution < -0.4 is 5.32 Å². The number of pyridine rings is 1. The van der Waals surface area contributed by atoms with Crippen molar-refractivity contribution in [3.05, 3.63) is 48.3 Å². The largest absolute Gasteiger partial charge is 0.334 e. The Labute approximate surface area is 148 Å². The molecule has 2 aromatic rings. The minimum absolute atomic E-state index is 0.0687. The lowest BCUT2D eigenvalue weighted by atomic mass is 9.93. The quantitative estimate of drug-likeness (QED) is 0.906. The molecule has 0 unspecified atom stereocenters.